The standard InChI is InChI=1S/C17H28N4O2/c1-2-15-19-20-16(23-15)11-18-17(22)13-7-6-10-21(12-13)14-8-4-3-5-9-14/h13-14H,2-12H2,1H3,(H,18,22)/t13-/m0/s1. The first-order chi connectivity index (χ1) is 11.3. The summed E-state index contributed by atoms with van der Waals surface area (Å²) < 4.78 is 5.44. The highest BCUT2D eigenvalue weighted by molar-refractivity contribution is 5.78. The molecule has 6 nitrogen and oxygen atoms in total. The van der Waals surface area contributed by atoms with Gasteiger partial charge in [-0.15, -0.1) is 10.2 Å². The van der Waals surface area contributed by atoms with Crippen molar-refractivity contribution in [2.24, 2.45) is 5.92 Å². The number of hydrogen-bond acceptors (Lipinski definition) is 5. The van der Waals surface area contributed by atoms with Gasteiger partial charge in [-0.2, -0.15) is 0 Å². The van der Waals surface area contributed by atoms with Crippen LogP contribution in [0.5, 0.6) is 0 Å². The van der Waals surface area contributed by atoms with E-state index in [9.17, 15) is 4.79 Å². The van der Waals surface area contributed by atoms with E-state index in [0.717, 1.165) is 32.4 Å². The molecule has 1 aromatic rings. The van der Waals surface area contributed by atoms with Crippen LogP contribution in [0.2, 0.25) is 0 Å². The Morgan fingerprint density at radius 2 is 1.96 bits per heavy atom. The second-order valence-electron chi connectivity index (χ2n) is 6.79. The largest absolute Gasteiger partial charge is 0.423 e. The van der Waals surface area contributed by atoms with Gasteiger partial charge in [0.25, 0.3) is 0 Å². The molecule has 1 saturated heterocycles. The molecule has 23 heavy (non-hydrogen) atoms. The number of likely N-dealkylation sites (tertiary alicyclic amines) is 1. The van der Waals surface area contributed by atoms with Crippen molar-refractivity contribution in [2.75, 3.05) is 13.1 Å². The molecule has 2 aliphatic rings. The van der Waals surface area contributed by atoms with E-state index in [2.05, 4.69) is 20.4 Å². The van der Waals surface area contributed by atoms with Gasteiger partial charge >= 0.3 is 0 Å². The van der Waals surface area contributed by atoms with Crippen molar-refractivity contribution in [1.82, 2.24) is 20.4 Å². The van der Waals surface area contributed by atoms with Crippen LogP contribution in [0.15, 0.2) is 4.42 Å². The van der Waals surface area contributed by atoms with Crippen LogP contribution in [0.4, 0.5) is 0 Å². The van der Waals surface area contributed by atoms with Crippen molar-refractivity contribution in [2.45, 2.75) is 70.9 Å². The monoisotopic (exact) mass is 320 g/mol. The molecule has 0 radical (unpaired) electrons. The van der Waals surface area contributed by atoms with Crippen LogP contribution in [0, 0.1) is 5.92 Å². The molecule has 1 N–H and O–H groups in total. The molecule has 0 unspecified atom stereocenters. The highest BCUT2D eigenvalue weighted by atomic mass is 16.4. The predicted octanol–water partition coefficient (Wildman–Crippen LogP) is 2.29. The van der Waals surface area contributed by atoms with Gasteiger partial charge in [0, 0.05) is 19.0 Å². The summed E-state index contributed by atoms with van der Waals surface area (Å²) in [6, 6.07) is 0.697. The maximum Gasteiger partial charge on any atom is 0.235 e. The number of nitrogens with one attached hydrogen (secondary N) is 1. The lowest BCUT2D eigenvalue weighted by Gasteiger charge is -2.39. The molecule has 1 aliphatic heterocycles. The second-order valence-corrected chi connectivity index (χ2v) is 6.79. The number of piperidine rings is 1. The lowest BCUT2D eigenvalue weighted by molar-refractivity contribution is -0.127. The quantitative estimate of drug-likeness (QED) is 0.901. The molecule has 2 fully saturated rings. The third-order valence-corrected chi connectivity index (χ3v) is 5.14. The van der Waals surface area contributed by atoms with Crippen molar-refractivity contribution in [1.29, 1.82) is 0 Å². The molecule has 1 atom stereocenters. The summed E-state index contributed by atoms with van der Waals surface area (Å²) in [5.74, 6) is 1.34. The molecule has 1 aromatic heterocycles. The van der Waals surface area contributed by atoms with E-state index < -0.39 is 0 Å². The van der Waals surface area contributed by atoms with Crippen molar-refractivity contribution in [3.8, 4) is 0 Å². The fourth-order valence-corrected chi connectivity index (χ4v) is 3.81. The van der Waals surface area contributed by atoms with Gasteiger partial charge in [0.1, 0.15) is 0 Å². The average molecular weight is 320 g/mol. The molecular weight excluding hydrogens is 292 g/mol. The van der Waals surface area contributed by atoms with E-state index in [0.29, 0.717) is 24.4 Å². The zero-order valence-electron chi connectivity index (χ0n) is 14.1. The van der Waals surface area contributed by atoms with Gasteiger partial charge in [-0.1, -0.05) is 26.2 Å². The molecule has 6 heteroatoms. The summed E-state index contributed by atoms with van der Waals surface area (Å²) in [6.07, 6.45) is 9.49. The maximum atomic E-state index is 12.4. The average Bonchev–Trinajstić information content (AvgIpc) is 3.09. The van der Waals surface area contributed by atoms with Gasteiger partial charge in [0.15, 0.2) is 0 Å². The minimum atomic E-state index is 0.0965. The van der Waals surface area contributed by atoms with Crippen molar-refractivity contribution in [3.63, 3.8) is 0 Å². The first-order valence-electron chi connectivity index (χ1n) is 9.09. The number of hydrogen-bond donors (Lipinski definition) is 1. The van der Waals surface area contributed by atoms with Gasteiger partial charge < -0.3 is 9.73 Å². The van der Waals surface area contributed by atoms with Gasteiger partial charge in [0.05, 0.1) is 12.5 Å². The summed E-state index contributed by atoms with van der Waals surface area (Å²) in [5.41, 5.74) is 0. The van der Waals surface area contributed by atoms with Crippen molar-refractivity contribution < 1.29 is 9.21 Å². The lowest BCUT2D eigenvalue weighted by Crippen LogP contribution is -2.47. The number of carbonyl (C=O) groups is 1. The summed E-state index contributed by atoms with van der Waals surface area (Å²) in [6.45, 7) is 4.36. The summed E-state index contributed by atoms with van der Waals surface area (Å²) >= 11 is 0. The molecule has 2 heterocycles. The van der Waals surface area contributed by atoms with Crippen LogP contribution < -0.4 is 5.32 Å². The zero-order chi connectivity index (χ0) is 16.1. The van der Waals surface area contributed by atoms with Crippen molar-refractivity contribution >= 4 is 5.91 Å². The fourth-order valence-electron chi connectivity index (χ4n) is 3.81. The fraction of sp³-hybridized carbons (Fsp3) is 0.824. The van der Waals surface area contributed by atoms with Gasteiger partial charge in [-0.25, -0.2) is 0 Å². The Balaban J connectivity index is 1.48. The number of aromatic nitrogens is 2. The SMILES string of the molecule is CCc1nnc(CNC(=O)[C@H]2CCCN(C3CCCCC3)C2)o1. The number of nitrogens with zero attached hydrogens (tertiary/aromatic N) is 3. The normalized spacial score (nSPS) is 23.8. The number of amides is 1. The Morgan fingerprint density at radius 3 is 2.70 bits per heavy atom. The van der Waals surface area contributed by atoms with Crippen LogP contribution in [-0.4, -0.2) is 40.1 Å². The Bertz CT molecular complexity index is 510. The minimum Gasteiger partial charge on any atom is -0.423 e. The molecule has 1 aliphatic carbocycles. The Labute approximate surface area is 138 Å². The Morgan fingerprint density at radius 1 is 1.17 bits per heavy atom. The number of carbonyl (C=O) groups excluding carboxylic acids is 1. The van der Waals surface area contributed by atoms with Crippen LogP contribution >= 0.6 is 0 Å². The molecule has 0 bridgehead atoms. The Hall–Kier alpha value is -1.43. The third kappa shape index (κ3) is 4.31. The molecule has 0 spiro atoms. The van der Waals surface area contributed by atoms with E-state index in [1.54, 1.807) is 0 Å². The maximum absolute atomic E-state index is 12.4. The minimum absolute atomic E-state index is 0.0965. The summed E-state index contributed by atoms with van der Waals surface area (Å²) in [5, 5.41) is 10.8. The van der Waals surface area contributed by atoms with E-state index in [4.69, 9.17) is 4.42 Å². The smallest absolute Gasteiger partial charge is 0.235 e. The van der Waals surface area contributed by atoms with E-state index in [1.807, 2.05) is 6.92 Å². The number of aryl methyl sites for hydroxylation is 1. The zero-order valence-corrected chi connectivity index (χ0v) is 14.1. The molecule has 1 saturated carbocycles. The molecule has 1 amide bonds. The molecule has 3 rings (SSSR count). The molecular formula is C17H28N4O2. The molecule has 0 aromatic carbocycles. The van der Waals surface area contributed by atoms with E-state index in [-0.39, 0.29) is 11.8 Å². The van der Waals surface area contributed by atoms with E-state index in [1.165, 1.54) is 32.1 Å². The first-order valence-corrected chi connectivity index (χ1v) is 9.09. The van der Waals surface area contributed by atoms with Crippen LogP contribution in [0.1, 0.15) is 63.7 Å². The Kier molecular flexibility index (Phi) is 5.65. The highest BCUT2D eigenvalue weighted by Crippen LogP contribution is 2.27. The van der Waals surface area contributed by atoms with Gasteiger partial charge in [-0.05, 0) is 32.2 Å². The van der Waals surface area contributed by atoms with E-state index >= 15 is 0 Å². The summed E-state index contributed by atoms with van der Waals surface area (Å²) in [7, 11) is 0. The third-order valence-electron chi connectivity index (χ3n) is 5.14. The topological polar surface area (TPSA) is 71.3 Å². The summed E-state index contributed by atoms with van der Waals surface area (Å²) in [4.78, 5) is 15.0. The first kappa shape index (κ1) is 16.4. The van der Waals surface area contributed by atoms with Crippen LogP contribution in [-0.2, 0) is 17.8 Å². The highest BCUT2D eigenvalue weighted by Gasteiger charge is 2.30. The molecule has 128 valence electrons. The van der Waals surface area contributed by atoms with Gasteiger partial charge in [-0.3, -0.25) is 9.69 Å². The lowest BCUT2D eigenvalue weighted by atomic mass is 9.90. The number of rotatable bonds is 5. The second kappa shape index (κ2) is 7.90. The van der Waals surface area contributed by atoms with Crippen LogP contribution in [0.3, 0.4) is 0 Å². The predicted molar refractivity (Wildman–Crippen MR) is 86.7 cm³/mol. The van der Waals surface area contributed by atoms with Crippen molar-refractivity contribution in [3.05, 3.63) is 11.8 Å². The van der Waals surface area contributed by atoms with Crippen LogP contribution in [0.25, 0.3) is 0 Å². The van der Waals surface area contributed by atoms with Gasteiger partial charge in [0.2, 0.25) is 17.7 Å².